The summed E-state index contributed by atoms with van der Waals surface area (Å²) in [5, 5.41) is 13.5. The van der Waals surface area contributed by atoms with Crippen LogP contribution in [0.4, 0.5) is 0 Å². The molecule has 0 radical (unpaired) electrons. The molecular formula is C24H22N6O2S. The predicted molar refractivity (Wildman–Crippen MR) is 129 cm³/mol. The smallest absolute Gasteiger partial charge is 0.250 e. The zero-order valence-electron chi connectivity index (χ0n) is 18.2. The van der Waals surface area contributed by atoms with E-state index in [1.807, 2.05) is 78.2 Å². The summed E-state index contributed by atoms with van der Waals surface area (Å²) in [7, 11) is 1.63. The minimum Gasteiger partial charge on any atom is -0.497 e. The number of nitrogens with zero attached hydrogens (tertiary/aromatic N) is 5. The third-order valence-electron chi connectivity index (χ3n) is 4.76. The molecule has 166 valence electrons. The molecule has 0 atom stereocenters. The van der Waals surface area contributed by atoms with Crippen molar-refractivity contribution in [1.29, 1.82) is 0 Å². The van der Waals surface area contributed by atoms with Gasteiger partial charge in [-0.1, -0.05) is 36.0 Å². The van der Waals surface area contributed by atoms with Crippen LogP contribution in [0.5, 0.6) is 5.75 Å². The summed E-state index contributed by atoms with van der Waals surface area (Å²) in [6, 6.07) is 21.1. The number of benzene rings is 2. The number of thioether (sulfide) groups is 1. The quantitative estimate of drug-likeness (QED) is 0.244. The van der Waals surface area contributed by atoms with Crippen LogP contribution in [0.1, 0.15) is 12.5 Å². The highest BCUT2D eigenvalue weighted by Gasteiger charge is 2.17. The van der Waals surface area contributed by atoms with Crippen molar-refractivity contribution < 1.29 is 9.53 Å². The number of hydrogen-bond donors (Lipinski definition) is 1. The van der Waals surface area contributed by atoms with Crippen molar-refractivity contribution in [3.8, 4) is 22.8 Å². The first kappa shape index (κ1) is 22.2. The van der Waals surface area contributed by atoms with Crippen molar-refractivity contribution in [2.45, 2.75) is 12.1 Å². The Morgan fingerprint density at radius 2 is 1.85 bits per heavy atom. The van der Waals surface area contributed by atoms with Crippen LogP contribution in [-0.2, 0) is 4.79 Å². The van der Waals surface area contributed by atoms with E-state index in [0.717, 1.165) is 22.6 Å². The first-order valence-electron chi connectivity index (χ1n) is 10.2. The van der Waals surface area contributed by atoms with Crippen molar-refractivity contribution in [3.63, 3.8) is 0 Å². The molecule has 0 saturated heterocycles. The number of rotatable bonds is 8. The molecule has 0 fully saturated rings. The number of pyridine rings is 1. The fourth-order valence-electron chi connectivity index (χ4n) is 3.05. The van der Waals surface area contributed by atoms with E-state index in [-0.39, 0.29) is 11.7 Å². The molecule has 0 saturated carbocycles. The van der Waals surface area contributed by atoms with Gasteiger partial charge in [-0.2, -0.15) is 5.10 Å². The van der Waals surface area contributed by atoms with Gasteiger partial charge in [0.05, 0.1) is 18.6 Å². The second-order valence-corrected chi connectivity index (χ2v) is 7.91. The summed E-state index contributed by atoms with van der Waals surface area (Å²) in [5.41, 5.74) is 5.91. The number of amides is 1. The van der Waals surface area contributed by atoms with Gasteiger partial charge >= 0.3 is 0 Å². The zero-order valence-corrected chi connectivity index (χ0v) is 19.0. The number of carbonyl (C=O) groups is 1. The summed E-state index contributed by atoms with van der Waals surface area (Å²) in [5.74, 6) is 1.34. The fourth-order valence-corrected chi connectivity index (χ4v) is 3.79. The minimum atomic E-state index is -0.239. The van der Waals surface area contributed by atoms with Gasteiger partial charge in [-0.15, -0.1) is 10.2 Å². The van der Waals surface area contributed by atoms with Crippen LogP contribution in [0.3, 0.4) is 0 Å². The first-order valence-corrected chi connectivity index (χ1v) is 11.2. The van der Waals surface area contributed by atoms with Crippen LogP contribution in [0.15, 0.2) is 89.4 Å². The molecule has 33 heavy (non-hydrogen) atoms. The first-order chi connectivity index (χ1) is 16.2. The molecule has 1 amide bonds. The van der Waals surface area contributed by atoms with Crippen molar-refractivity contribution >= 4 is 23.4 Å². The maximum absolute atomic E-state index is 12.4. The van der Waals surface area contributed by atoms with Crippen LogP contribution in [0.25, 0.3) is 17.1 Å². The lowest BCUT2D eigenvalue weighted by molar-refractivity contribution is -0.118. The number of carbonyl (C=O) groups excluding carboxylic acids is 1. The number of hydrazone groups is 1. The normalized spacial score (nSPS) is 11.3. The Morgan fingerprint density at radius 3 is 2.55 bits per heavy atom. The van der Waals surface area contributed by atoms with Crippen molar-refractivity contribution in [2.24, 2.45) is 5.10 Å². The highest BCUT2D eigenvalue weighted by atomic mass is 32.2. The summed E-state index contributed by atoms with van der Waals surface area (Å²) in [6.45, 7) is 1.82. The van der Waals surface area contributed by atoms with Gasteiger partial charge in [0.15, 0.2) is 11.0 Å². The van der Waals surface area contributed by atoms with Gasteiger partial charge in [0, 0.05) is 29.2 Å². The average Bonchev–Trinajstić information content (AvgIpc) is 3.31. The molecule has 0 unspecified atom stereocenters. The van der Waals surface area contributed by atoms with Gasteiger partial charge in [0.1, 0.15) is 5.75 Å². The Labute approximate surface area is 195 Å². The van der Waals surface area contributed by atoms with Gasteiger partial charge < -0.3 is 4.74 Å². The SMILES string of the molecule is COc1ccc(-c2nnc(SCC(=O)NN=C(C)c3cccnc3)n2-c2ccccc2)cc1. The highest BCUT2D eigenvalue weighted by Crippen LogP contribution is 2.28. The molecule has 0 aliphatic carbocycles. The monoisotopic (exact) mass is 458 g/mol. The van der Waals surface area contributed by atoms with E-state index >= 15 is 0 Å². The number of methoxy groups -OCH3 is 1. The lowest BCUT2D eigenvalue weighted by Crippen LogP contribution is -2.21. The Morgan fingerprint density at radius 1 is 1.06 bits per heavy atom. The lowest BCUT2D eigenvalue weighted by atomic mass is 10.2. The summed E-state index contributed by atoms with van der Waals surface area (Å²) < 4.78 is 7.19. The van der Waals surface area contributed by atoms with Crippen LogP contribution in [0.2, 0.25) is 0 Å². The largest absolute Gasteiger partial charge is 0.497 e. The van der Waals surface area contributed by atoms with Crippen LogP contribution in [0, 0.1) is 0 Å². The Bertz CT molecular complexity index is 1240. The van der Waals surface area contributed by atoms with Crippen LogP contribution in [-0.4, -0.2) is 44.2 Å². The molecule has 0 aliphatic heterocycles. The topological polar surface area (TPSA) is 94.3 Å². The van der Waals surface area contributed by atoms with Crippen LogP contribution >= 0.6 is 11.8 Å². The van der Waals surface area contributed by atoms with Crippen LogP contribution < -0.4 is 10.2 Å². The maximum Gasteiger partial charge on any atom is 0.250 e. The van der Waals surface area contributed by atoms with Gasteiger partial charge in [0.25, 0.3) is 5.91 Å². The number of hydrogen-bond acceptors (Lipinski definition) is 7. The van der Waals surface area contributed by atoms with Crippen molar-refractivity contribution in [1.82, 2.24) is 25.2 Å². The second kappa shape index (κ2) is 10.6. The zero-order chi connectivity index (χ0) is 23.0. The molecule has 0 spiro atoms. The van der Waals surface area contributed by atoms with E-state index in [9.17, 15) is 4.79 Å². The highest BCUT2D eigenvalue weighted by molar-refractivity contribution is 7.99. The van der Waals surface area contributed by atoms with Crippen molar-refractivity contribution in [3.05, 3.63) is 84.7 Å². The minimum absolute atomic E-state index is 0.136. The van der Waals surface area contributed by atoms with Gasteiger partial charge in [-0.3, -0.25) is 14.3 Å². The Balaban J connectivity index is 1.52. The van der Waals surface area contributed by atoms with Crippen molar-refractivity contribution in [2.75, 3.05) is 12.9 Å². The van der Waals surface area contributed by atoms with Gasteiger partial charge in [-0.25, -0.2) is 5.43 Å². The number of aromatic nitrogens is 4. The number of para-hydroxylation sites is 1. The lowest BCUT2D eigenvalue weighted by Gasteiger charge is -2.10. The van der Waals surface area contributed by atoms with Gasteiger partial charge in [0.2, 0.25) is 0 Å². The molecule has 4 rings (SSSR count). The average molecular weight is 459 g/mol. The third kappa shape index (κ3) is 5.45. The molecule has 8 nitrogen and oxygen atoms in total. The number of ether oxygens (including phenoxy) is 1. The summed E-state index contributed by atoms with van der Waals surface area (Å²) in [4.78, 5) is 16.5. The van der Waals surface area contributed by atoms with E-state index in [4.69, 9.17) is 4.74 Å². The molecule has 1 N–H and O–H groups in total. The molecule has 2 heterocycles. The van der Waals surface area contributed by atoms with E-state index in [0.29, 0.717) is 16.7 Å². The molecule has 4 aromatic rings. The molecule has 0 aliphatic rings. The Hall–Kier alpha value is -3.98. The molecule has 9 heteroatoms. The summed E-state index contributed by atoms with van der Waals surface area (Å²) in [6.07, 6.45) is 3.39. The van der Waals surface area contributed by atoms with E-state index in [1.54, 1.807) is 19.5 Å². The second-order valence-electron chi connectivity index (χ2n) is 6.97. The molecule has 2 aromatic heterocycles. The fraction of sp³-hybridized carbons (Fsp3) is 0.125. The van der Waals surface area contributed by atoms with E-state index < -0.39 is 0 Å². The maximum atomic E-state index is 12.4. The van der Waals surface area contributed by atoms with Gasteiger partial charge in [-0.05, 0) is 49.4 Å². The number of nitrogens with one attached hydrogen (secondary N) is 1. The van der Waals surface area contributed by atoms with E-state index in [2.05, 4.69) is 25.7 Å². The molecule has 2 aromatic carbocycles. The third-order valence-corrected chi connectivity index (χ3v) is 5.68. The predicted octanol–water partition coefficient (Wildman–Crippen LogP) is 3.97. The molecular weight excluding hydrogens is 436 g/mol. The molecule has 0 bridgehead atoms. The summed E-state index contributed by atoms with van der Waals surface area (Å²) >= 11 is 1.29. The Kier molecular flexibility index (Phi) is 7.11. The standard InChI is InChI=1S/C24H22N6O2S/c1-17(19-7-6-14-25-15-19)26-27-22(31)16-33-24-29-28-23(18-10-12-21(32-2)13-11-18)30(24)20-8-4-3-5-9-20/h3-15H,16H2,1-2H3,(H,27,31). The van der Waals surface area contributed by atoms with E-state index in [1.165, 1.54) is 11.8 Å².